The number of nitrogens with one attached hydrogen (secondary N) is 1. The van der Waals surface area contributed by atoms with Crippen LogP contribution in [0.2, 0.25) is 0 Å². The van der Waals surface area contributed by atoms with Crippen LogP contribution in [-0.2, 0) is 12.8 Å². The molecule has 162 valence electrons. The summed E-state index contributed by atoms with van der Waals surface area (Å²) in [6, 6.07) is 8.70. The van der Waals surface area contributed by atoms with Crippen LogP contribution in [0.25, 0.3) is 11.5 Å². The average Bonchev–Trinajstić information content (AvgIpc) is 3.45. The van der Waals surface area contributed by atoms with Crippen molar-refractivity contribution in [1.82, 2.24) is 25.1 Å². The van der Waals surface area contributed by atoms with E-state index in [1.165, 1.54) is 17.5 Å². The summed E-state index contributed by atoms with van der Waals surface area (Å²) >= 11 is 3.35. The van der Waals surface area contributed by atoms with Gasteiger partial charge in [-0.3, -0.25) is 4.57 Å². The molecule has 0 bridgehead atoms. The number of hydrogen-bond donors (Lipinski definition) is 1. The fourth-order valence-electron chi connectivity index (χ4n) is 4.08. The summed E-state index contributed by atoms with van der Waals surface area (Å²) in [5, 5.41) is 24.6. The third-order valence-electron chi connectivity index (χ3n) is 5.67. The zero-order valence-corrected chi connectivity index (χ0v) is 19.7. The molecule has 1 aliphatic rings. The predicted molar refractivity (Wildman–Crippen MR) is 126 cm³/mol. The summed E-state index contributed by atoms with van der Waals surface area (Å²) in [4.78, 5) is 4.39. The molecule has 6 nitrogen and oxygen atoms in total. The van der Waals surface area contributed by atoms with Crippen molar-refractivity contribution in [1.29, 1.82) is 5.26 Å². The van der Waals surface area contributed by atoms with Gasteiger partial charge in [-0.15, -0.1) is 21.5 Å². The van der Waals surface area contributed by atoms with E-state index in [1.54, 1.807) is 23.1 Å². The number of thioether (sulfide) groups is 1. The highest BCUT2D eigenvalue weighted by molar-refractivity contribution is 7.99. The molecule has 1 aromatic carbocycles. The van der Waals surface area contributed by atoms with Crippen LogP contribution in [0.3, 0.4) is 0 Å². The first kappa shape index (κ1) is 22.0. The largest absolute Gasteiger partial charge is 0.316 e. The highest BCUT2D eigenvalue weighted by Crippen LogP contribution is 2.28. The average molecular weight is 453 g/mol. The van der Waals surface area contributed by atoms with Crippen LogP contribution in [0.1, 0.15) is 49.4 Å². The Morgan fingerprint density at radius 3 is 3.00 bits per heavy atom. The summed E-state index contributed by atoms with van der Waals surface area (Å²) in [7, 11) is 0. The van der Waals surface area contributed by atoms with Crippen molar-refractivity contribution in [3.8, 4) is 17.6 Å². The molecule has 1 N–H and O–H groups in total. The fourth-order valence-corrected chi connectivity index (χ4v) is 5.62. The molecule has 0 fully saturated rings. The number of hydrogen-bond acceptors (Lipinski definition) is 7. The number of benzene rings is 1. The van der Waals surface area contributed by atoms with Gasteiger partial charge in [0.25, 0.3) is 0 Å². The zero-order chi connectivity index (χ0) is 21.6. The Morgan fingerprint density at radius 1 is 1.32 bits per heavy atom. The van der Waals surface area contributed by atoms with Crippen LogP contribution in [0.4, 0.5) is 0 Å². The number of fused-ring (bicyclic) bond motifs is 1. The van der Waals surface area contributed by atoms with E-state index in [2.05, 4.69) is 57.1 Å². The van der Waals surface area contributed by atoms with E-state index in [9.17, 15) is 0 Å². The van der Waals surface area contributed by atoms with Gasteiger partial charge < -0.3 is 5.32 Å². The predicted octanol–water partition coefficient (Wildman–Crippen LogP) is 4.73. The van der Waals surface area contributed by atoms with Gasteiger partial charge in [0.2, 0.25) is 0 Å². The first-order valence-electron chi connectivity index (χ1n) is 10.8. The van der Waals surface area contributed by atoms with Gasteiger partial charge in [-0.25, -0.2) is 4.98 Å². The summed E-state index contributed by atoms with van der Waals surface area (Å²) < 4.78 is 2.18. The molecule has 31 heavy (non-hydrogen) atoms. The number of thiazole rings is 1. The van der Waals surface area contributed by atoms with Gasteiger partial charge in [0.05, 0.1) is 17.1 Å². The minimum atomic E-state index is 0.294. The molecule has 1 aliphatic carbocycles. The molecule has 0 aliphatic heterocycles. The molecule has 8 heteroatoms. The van der Waals surface area contributed by atoms with Gasteiger partial charge in [-0.05, 0) is 81.8 Å². The number of nitriles is 1. The van der Waals surface area contributed by atoms with Crippen molar-refractivity contribution in [2.75, 3.05) is 18.8 Å². The first-order valence-corrected chi connectivity index (χ1v) is 12.8. The molecule has 0 saturated heterocycles. The quantitative estimate of drug-likeness (QED) is 0.373. The van der Waals surface area contributed by atoms with Crippen molar-refractivity contribution in [3.05, 3.63) is 45.8 Å². The molecule has 0 saturated carbocycles. The second-order valence-corrected chi connectivity index (χ2v) is 10.0. The van der Waals surface area contributed by atoms with Gasteiger partial charge in [0.1, 0.15) is 5.69 Å². The lowest BCUT2D eigenvalue weighted by atomic mass is 9.83. The van der Waals surface area contributed by atoms with E-state index < -0.39 is 0 Å². The van der Waals surface area contributed by atoms with Gasteiger partial charge in [0, 0.05) is 17.2 Å². The topological polar surface area (TPSA) is 79.4 Å². The third-order valence-corrected chi connectivity index (χ3v) is 7.29. The monoisotopic (exact) mass is 452 g/mol. The molecule has 2 aromatic heterocycles. The highest BCUT2D eigenvalue weighted by atomic mass is 32.2. The summed E-state index contributed by atoms with van der Waals surface area (Å²) in [6.45, 7) is 6.36. The van der Waals surface area contributed by atoms with Crippen LogP contribution in [0, 0.1) is 17.2 Å². The van der Waals surface area contributed by atoms with Crippen LogP contribution in [0.15, 0.2) is 34.2 Å². The normalized spacial score (nSPS) is 15.7. The number of aryl methyl sites for hydroxylation is 1. The lowest BCUT2D eigenvalue weighted by Crippen LogP contribution is -2.28. The Balaban J connectivity index is 1.21. The molecule has 3 aromatic rings. The van der Waals surface area contributed by atoms with Crippen molar-refractivity contribution < 1.29 is 0 Å². The molecular weight excluding hydrogens is 424 g/mol. The maximum absolute atomic E-state index is 9.13. The molecule has 2 heterocycles. The van der Waals surface area contributed by atoms with E-state index >= 15 is 0 Å². The standard InChI is InChI=1S/C23H28N6S2/c1-16(2)29-22(21-14-30-15-26-21)27-28-23(29)31-9-3-8-25-13-18-5-7-19-6-4-17(12-24)10-20(19)11-18/h4,6,10,14-16,18,25H,3,5,7-9,11,13H2,1-2H3. The lowest BCUT2D eigenvalue weighted by Gasteiger charge is -2.25. The Hall–Kier alpha value is -2.21. The molecular formula is C23H28N6S2. The molecule has 1 atom stereocenters. The van der Waals surface area contributed by atoms with Crippen molar-refractivity contribution in [3.63, 3.8) is 0 Å². The van der Waals surface area contributed by atoms with Gasteiger partial charge in [0.15, 0.2) is 11.0 Å². The first-order chi connectivity index (χ1) is 15.2. The highest BCUT2D eigenvalue weighted by Gasteiger charge is 2.19. The molecule has 1 unspecified atom stereocenters. The Kier molecular flexibility index (Phi) is 7.38. The number of rotatable bonds is 9. The Bertz CT molecular complexity index is 1040. The molecule has 0 spiro atoms. The van der Waals surface area contributed by atoms with E-state index in [-0.39, 0.29) is 0 Å². The van der Waals surface area contributed by atoms with Crippen LogP contribution < -0.4 is 5.32 Å². The second-order valence-electron chi connectivity index (χ2n) is 8.25. The zero-order valence-electron chi connectivity index (χ0n) is 18.0. The van der Waals surface area contributed by atoms with E-state index in [4.69, 9.17) is 5.26 Å². The Morgan fingerprint density at radius 2 is 2.23 bits per heavy atom. The van der Waals surface area contributed by atoms with Gasteiger partial charge in [-0.2, -0.15) is 5.26 Å². The summed E-state index contributed by atoms with van der Waals surface area (Å²) in [6.07, 6.45) is 4.50. The number of aromatic nitrogens is 4. The third kappa shape index (κ3) is 5.35. The Labute approximate surface area is 192 Å². The molecule has 0 radical (unpaired) electrons. The number of nitrogens with zero attached hydrogens (tertiary/aromatic N) is 5. The fraction of sp³-hybridized carbons (Fsp3) is 0.478. The maximum atomic E-state index is 9.13. The molecule has 0 amide bonds. The molecule has 4 rings (SSSR count). The summed E-state index contributed by atoms with van der Waals surface area (Å²) in [5.74, 6) is 2.52. The van der Waals surface area contributed by atoms with Crippen LogP contribution in [-0.4, -0.2) is 38.6 Å². The second kappa shape index (κ2) is 10.4. The van der Waals surface area contributed by atoms with Crippen LogP contribution >= 0.6 is 23.1 Å². The van der Waals surface area contributed by atoms with Gasteiger partial charge >= 0.3 is 0 Å². The van der Waals surface area contributed by atoms with E-state index in [0.29, 0.717) is 12.0 Å². The van der Waals surface area contributed by atoms with Gasteiger partial charge in [-0.1, -0.05) is 17.8 Å². The maximum Gasteiger partial charge on any atom is 0.191 e. The van der Waals surface area contributed by atoms with Crippen molar-refractivity contribution in [2.45, 2.75) is 50.7 Å². The summed E-state index contributed by atoms with van der Waals surface area (Å²) in [5.41, 5.74) is 6.28. The van der Waals surface area contributed by atoms with E-state index in [0.717, 1.165) is 60.3 Å². The van der Waals surface area contributed by atoms with Crippen LogP contribution in [0.5, 0.6) is 0 Å². The minimum absolute atomic E-state index is 0.294. The lowest BCUT2D eigenvalue weighted by molar-refractivity contribution is 0.425. The SMILES string of the molecule is CC(C)n1c(SCCCNCC2CCc3ccc(C#N)cc3C2)nnc1-c1cscn1. The minimum Gasteiger partial charge on any atom is -0.316 e. The van der Waals surface area contributed by atoms with E-state index in [1.807, 2.05) is 17.0 Å². The van der Waals surface area contributed by atoms with Crippen molar-refractivity contribution >= 4 is 23.1 Å². The smallest absolute Gasteiger partial charge is 0.191 e. The van der Waals surface area contributed by atoms with Crippen molar-refractivity contribution in [2.24, 2.45) is 5.92 Å².